The summed E-state index contributed by atoms with van der Waals surface area (Å²) < 4.78 is 35.0. The van der Waals surface area contributed by atoms with Crippen LogP contribution in [0.4, 0.5) is 14.6 Å². The molecule has 136 valence electrons. The van der Waals surface area contributed by atoms with Gasteiger partial charge in [0.15, 0.2) is 11.6 Å². The lowest BCUT2D eigenvalue weighted by Gasteiger charge is -2.32. The first-order valence-electron chi connectivity index (χ1n) is 8.66. The Kier molecular flexibility index (Phi) is 4.50. The van der Waals surface area contributed by atoms with E-state index in [2.05, 4.69) is 20.4 Å². The second-order valence-corrected chi connectivity index (χ2v) is 6.32. The molecule has 0 bridgehead atoms. The number of nitrogens with one attached hydrogen (secondary N) is 1. The molecule has 0 radical (unpaired) electrons. The van der Waals surface area contributed by atoms with Crippen LogP contribution in [0.1, 0.15) is 31.4 Å². The van der Waals surface area contributed by atoms with E-state index in [1.54, 1.807) is 6.20 Å². The van der Waals surface area contributed by atoms with Gasteiger partial charge in [0.05, 0.1) is 17.8 Å². The van der Waals surface area contributed by atoms with E-state index in [4.69, 9.17) is 4.74 Å². The molecule has 0 aliphatic carbocycles. The van der Waals surface area contributed by atoms with Crippen molar-refractivity contribution in [1.82, 2.24) is 19.7 Å². The lowest BCUT2D eigenvalue weighted by molar-refractivity contribution is 0.00554. The van der Waals surface area contributed by atoms with Gasteiger partial charge in [0.2, 0.25) is 0 Å². The molecule has 0 spiro atoms. The Labute approximate surface area is 149 Å². The molecule has 26 heavy (non-hydrogen) atoms. The summed E-state index contributed by atoms with van der Waals surface area (Å²) in [5.74, 6) is -1.37. The summed E-state index contributed by atoms with van der Waals surface area (Å²) >= 11 is 0. The number of anilines is 1. The van der Waals surface area contributed by atoms with Gasteiger partial charge in [-0.15, -0.1) is 0 Å². The molecule has 0 amide bonds. The van der Waals surface area contributed by atoms with Gasteiger partial charge in [-0.05, 0) is 25.8 Å². The number of hydrogen-bond donors (Lipinski definition) is 1. The van der Waals surface area contributed by atoms with Crippen LogP contribution < -0.4 is 5.32 Å². The van der Waals surface area contributed by atoms with Gasteiger partial charge in [0.25, 0.3) is 0 Å². The summed E-state index contributed by atoms with van der Waals surface area (Å²) in [6, 6.07) is 2.16. The molecule has 2 atom stereocenters. The molecule has 1 aliphatic heterocycles. The van der Waals surface area contributed by atoms with Crippen LogP contribution in [-0.4, -0.2) is 32.4 Å². The molecule has 1 aliphatic rings. The number of aryl methyl sites for hydroxylation is 1. The zero-order chi connectivity index (χ0) is 18.1. The number of benzene rings is 1. The maximum atomic E-state index is 13.7. The number of ether oxygens (including phenoxy) is 1. The predicted octanol–water partition coefficient (Wildman–Crippen LogP) is 3.46. The van der Waals surface area contributed by atoms with Gasteiger partial charge in [-0.3, -0.25) is 4.68 Å². The van der Waals surface area contributed by atoms with Crippen molar-refractivity contribution in [1.29, 1.82) is 0 Å². The van der Waals surface area contributed by atoms with E-state index in [1.165, 1.54) is 6.33 Å². The molecule has 1 saturated heterocycles. The number of hydrogen-bond acceptors (Lipinski definition) is 5. The number of aromatic nitrogens is 4. The van der Waals surface area contributed by atoms with Crippen LogP contribution in [-0.2, 0) is 11.3 Å². The Hall–Kier alpha value is -2.61. The highest BCUT2D eigenvalue weighted by atomic mass is 19.2. The quantitative estimate of drug-likeness (QED) is 0.773. The molecular weight excluding hydrogens is 340 g/mol. The van der Waals surface area contributed by atoms with E-state index in [9.17, 15) is 8.78 Å². The highest BCUT2D eigenvalue weighted by Crippen LogP contribution is 2.32. The minimum absolute atomic E-state index is 0.0514. The SMILES string of the molecule is CCn1cc([C@H]2OCCC[C@@H]2Nc2ncnc3cc(F)c(F)cc23)cn1. The van der Waals surface area contributed by atoms with Gasteiger partial charge >= 0.3 is 0 Å². The van der Waals surface area contributed by atoms with Crippen LogP contribution in [0, 0.1) is 11.6 Å². The Bertz CT molecular complexity index is 929. The van der Waals surface area contributed by atoms with E-state index in [0.717, 1.165) is 37.1 Å². The predicted molar refractivity (Wildman–Crippen MR) is 92.7 cm³/mol. The molecule has 1 aromatic carbocycles. The average molecular weight is 359 g/mol. The Morgan fingerprint density at radius 3 is 2.92 bits per heavy atom. The maximum Gasteiger partial charge on any atom is 0.161 e. The summed E-state index contributed by atoms with van der Waals surface area (Å²) in [7, 11) is 0. The van der Waals surface area contributed by atoms with E-state index in [0.29, 0.717) is 23.3 Å². The highest BCUT2D eigenvalue weighted by molar-refractivity contribution is 5.89. The average Bonchev–Trinajstić information content (AvgIpc) is 3.13. The summed E-state index contributed by atoms with van der Waals surface area (Å²) in [5.41, 5.74) is 1.34. The molecule has 8 heteroatoms. The molecular formula is C18H19F2N5O. The normalized spacial score (nSPS) is 20.4. The monoisotopic (exact) mass is 359 g/mol. The third-order valence-corrected chi connectivity index (χ3v) is 4.63. The maximum absolute atomic E-state index is 13.7. The number of halogens is 2. The Morgan fingerprint density at radius 1 is 1.27 bits per heavy atom. The minimum atomic E-state index is -0.923. The first-order chi connectivity index (χ1) is 12.7. The summed E-state index contributed by atoms with van der Waals surface area (Å²) in [6.45, 7) is 3.48. The van der Waals surface area contributed by atoms with E-state index in [-0.39, 0.29) is 12.1 Å². The van der Waals surface area contributed by atoms with Gasteiger partial charge in [-0.25, -0.2) is 18.7 Å². The summed E-state index contributed by atoms with van der Waals surface area (Å²) in [4.78, 5) is 8.26. The first kappa shape index (κ1) is 16.8. The first-order valence-corrected chi connectivity index (χ1v) is 8.66. The minimum Gasteiger partial charge on any atom is -0.371 e. The van der Waals surface area contributed by atoms with Crippen LogP contribution in [0.3, 0.4) is 0 Å². The fourth-order valence-corrected chi connectivity index (χ4v) is 3.30. The zero-order valence-corrected chi connectivity index (χ0v) is 14.3. The van der Waals surface area contributed by atoms with Crippen molar-refractivity contribution in [3.63, 3.8) is 0 Å². The van der Waals surface area contributed by atoms with Crippen molar-refractivity contribution in [2.24, 2.45) is 0 Å². The van der Waals surface area contributed by atoms with E-state index < -0.39 is 11.6 Å². The molecule has 6 nitrogen and oxygen atoms in total. The van der Waals surface area contributed by atoms with Crippen molar-refractivity contribution in [2.75, 3.05) is 11.9 Å². The van der Waals surface area contributed by atoms with Crippen LogP contribution in [0.25, 0.3) is 10.9 Å². The number of rotatable bonds is 4. The lowest BCUT2D eigenvalue weighted by atomic mass is 9.98. The second kappa shape index (κ2) is 6.95. The fourth-order valence-electron chi connectivity index (χ4n) is 3.30. The third-order valence-electron chi connectivity index (χ3n) is 4.63. The topological polar surface area (TPSA) is 64.9 Å². The standard InChI is InChI=1S/C18H19F2N5O/c1-2-25-9-11(8-23-25)17-15(4-3-5-26-17)24-18-12-6-13(19)14(20)7-16(12)21-10-22-18/h6-10,15,17H,2-5H2,1H3,(H,21,22,24)/t15-,17+/m0/s1. The van der Waals surface area contributed by atoms with Crippen molar-refractivity contribution in [3.8, 4) is 0 Å². The van der Waals surface area contributed by atoms with Crippen LogP contribution in [0.15, 0.2) is 30.9 Å². The van der Waals surface area contributed by atoms with Gasteiger partial charge in [0, 0.05) is 36.4 Å². The van der Waals surface area contributed by atoms with Gasteiger partial charge in [-0.2, -0.15) is 5.10 Å². The van der Waals surface area contributed by atoms with Gasteiger partial charge < -0.3 is 10.1 Å². The molecule has 0 unspecified atom stereocenters. The Balaban J connectivity index is 1.66. The molecule has 2 aromatic heterocycles. The van der Waals surface area contributed by atoms with Crippen molar-refractivity contribution >= 4 is 16.7 Å². The van der Waals surface area contributed by atoms with Crippen LogP contribution >= 0.6 is 0 Å². The Morgan fingerprint density at radius 2 is 2.12 bits per heavy atom. The van der Waals surface area contributed by atoms with E-state index in [1.807, 2.05) is 17.8 Å². The zero-order valence-electron chi connectivity index (χ0n) is 14.3. The lowest BCUT2D eigenvalue weighted by Crippen LogP contribution is -2.34. The molecule has 1 N–H and O–H groups in total. The highest BCUT2D eigenvalue weighted by Gasteiger charge is 2.29. The fraction of sp³-hybridized carbons (Fsp3) is 0.389. The number of nitrogens with zero attached hydrogens (tertiary/aromatic N) is 4. The smallest absolute Gasteiger partial charge is 0.161 e. The van der Waals surface area contributed by atoms with Crippen LogP contribution in [0.5, 0.6) is 0 Å². The molecule has 0 saturated carbocycles. The summed E-state index contributed by atoms with van der Waals surface area (Å²) in [5, 5.41) is 8.10. The van der Waals surface area contributed by atoms with E-state index >= 15 is 0 Å². The molecule has 1 fully saturated rings. The summed E-state index contributed by atoms with van der Waals surface area (Å²) in [6.07, 6.45) is 6.72. The second-order valence-electron chi connectivity index (χ2n) is 6.32. The van der Waals surface area contributed by atoms with Gasteiger partial charge in [0.1, 0.15) is 18.2 Å². The van der Waals surface area contributed by atoms with Gasteiger partial charge in [-0.1, -0.05) is 0 Å². The number of fused-ring (bicyclic) bond motifs is 1. The van der Waals surface area contributed by atoms with Crippen LogP contribution in [0.2, 0.25) is 0 Å². The third kappa shape index (κ3) is 3.12. The molecule has 3 aromatic rings. The van der Waals surface area contributed by atoms with Crippen molar-refractivity contribution in [3.05, 3.63) is 48.1 Å². The molecule has 3 heterocycles. The largest absolute Gasteiger partial charge is 0.371 e. The van der Waals surface area contributed by atoms with Crippen molar-refractivity contribution < 1.29 is 13.5 Å². The molecule has 4 rings (SSSR count). The van der Waals surface area contributed by atoms with Crippen molar-refractivity contribution in [2.45, 2.75) is 38.5 Å².